The van der Waals surface area contributed by atoms with Gasteiger partial charge in [0.15, 0.2) is 0 Å². The molecule has 0 fully saturated rings. The number of rotatable bonds is 3. The quantitative estimate of drug-likeness (QED) is 0.732. The molecule has 0 aliphatic heterocycles. The molecular weight excluding hydrogens is 293 g/mol. The normalized spacial score (nSPS) is 10.2. The molecule has 1 heteroatoms. The van der Waals surface area contributed by atoms with Crippen LogP contribution in [0, 0.1) is 13.0 Å². The molecule has 0 aliphatic rings. The van der Waals surface area contributed by atoms with E-state index in [1.165, 1.54) is 22.3 Å². The van der Waals surface area contributed by atoms with Gasteiger partial charge in [0, 0.05) is 32.7 Å². The molecule has 18 heavy (non-hydrogen) atoms. The zero-order chi connectivity index (χ0) is 12.3. The van der Waals surface area contributed by atoms with Crippen molar-refractivity contribution in [2.24, 2.45) is 0 Å². The molecule has 1 radical (unpaired) electrons. The van der Waals surface area contributed by atoms with Crippen LogP contribution in [0.25, 0.3) is 0 Å². The Morgan fingerprint density at radius 1 is 1.11 bits per heavy atom. The average Bonchev–Trinajstić information content (AvgIpc) is 2.30. The van der Waals surface area contributed by atoms with E-state index in [0.717, 1.165) is 6.42 Å². The first-order valence-electron chi connectivity index (χ1n) is 6.22. The van der Waals surface area contributed by atoms with Crippen LogP contribution in [0.4, 0.5) is 0 Å². The monoisotopic (exact) mass is 312 g/mol. The molecule has 2 aromatic rings. The van der Waals surface area contributed by atoms with Crippen molar-refractivity contribution in [2.75, 3.05) is 0 Å². The first kappa shape index (κ1) is 15.6. The average molecular weight is 312 g/mol. The molecule has 0 amide bonds. The Morgan fingerprint density at radius 2 is 1.78 bits per heavy atom. The minimum Gasteiger partial charge on any atom is -0.180 e. The van der Waals surface area contributed by atoms with Gasteiger partial charge in [0.2, 0.25) is 0 Å². The van der Waals surface area contributed by atoms with Gasteiger partial charge in [-0.2, -0.15) is 34.9 Å². The van der Waals surface area contributed by atoms with Gasteiger partial charge in [-0.15, -0.1) is 0 Å². The largest absolute Gasteiger partial charge is 0.180 e. The topological polar surface area (TPSA) is 0 Å². The summed E-state index contributed by atoms with van der Waals surface area (Å²) in [5, 5.41) is 0. The van der Waals surface area contributed by atoms with Crippen LogP contribution >= 0.6 is 0 Å². The van der Waals surface area contributed by atoms with Gasteiger partial charge >= 0.3 is 0 Å². The first-order chi connectivity index (χ1) is 8.16. The molecule has 0 heterocycles. The maximum atomic E-state index is 3.41. The third kappa shape index (κ3) is 4.04. The molecule has 91 valence electrons. The van der Waals surface area contributed by atoms with Crippen molar-refractivity contribution in [1.29, 1.82) is 0 Å². The molecule has 0 unspecified atom stereocenters. The van der Waals surface area contributed by atoms with Crippen LogP contribution in [0.5, 0.6) is 0 Å². The van der Waals surface area contributed by atoms with Crippen molar-refractivity contribution in [3.05, 3.63) is 70.8 Å². The van der Waals surface area contributed by atoms with Crippen molar-refractivity contribution in [2.45, 2.75) is 33.1 Å². The summed E-state index contributed by atoms with van der Waals surface area (Å²) in [6.07, 6.45) is 0.972. The van der Waals surface area contributed by atoms with Crippen LogP contribution in [-0.2, 0) is 39.1 Å². The third-order valence-corrected chi connectivity index (χ3v) is 3.12. The predicted octanol–water partition coefficient (Wildman–Crippen LogP) is 4.51. The van der Waals surface area contributed by atoms with Crippen molar-refractivity contribution < 1.29 is 32.7 Å². The molecule has 0 nitrogen and oxygen atoms in total. The Morgan fingerprint density at radius 3 is 2.33 bits per heavy atom. The zero-order valence-corrected chi connectivity index (χ0v) is 14.2. The fraction of sp³-hybridized carbons (Fsp3) is 0.294. The fourth-order valence-corrected chi connectivity index (χ4v) is 2.21. The van der Waals surface area contributed by atoms with Crippen LogP contribution in [-0.4, -0.2) is 0 Å². The molecule has 2 rings (SSSR count). The molecule has 0 spiro atoms. The molecular formula is C17H19Y-. The fourth-order valence-electron chi connectivity index (χ4n) is 2.21. The molecule has 0 saturated carbocycles. The summed E-state index contributed by atoms with van der Waals surface area (Å²) >= 11 is 0. The number of aryl methyl sites for hydroxylation is 1. The number of hydrogen-bond acceptors (Lipinski definition) is 0. The second-order valence-corrected chi connectivity index (χ2v) is 4.91. The van der Waals surface area contributed by atoms with E-state index in [2.05, 4.69) is 69.3 Å². The Labute approximate surface area is 136 Å². The van der Waals surface area contributed by atoms with Crippen molar-refractivity contribution >= 4 is 0 Å². The van der Waals surface area contributed by atoms with Gasteiger partial charge in [-0.1, -0.05) is 57.0 Å². The predicted molar refractivity (Wildman–Crippen MR) is 73.4 cm³/mol. The Bertz CT molecular complexity index is 486. The van der Waals surface area contributed by atoms with Crippen LogP contribution < -0.4 is 0 Å². The maximum Gasteiger partial charge on any atom is 0 e. The minimum absolute atomic E-state index is 0. The van der Waals surface area contributed by atoms with Crippen LogP contribution in [0.2, 0.25) is 0 Å². The number of benzene rings is 2. The van der Waals surface area contributed by atoms with Crippen LogP contribution in [0.3, 0.4) is 0 Å². The third-order valence-electron chi connectivity index (χ3n) is 3.12. The van der Waals surface area contributed by atoms with Crippen LogP contribution in [0.15, 0.2) is 42.5 Å². The minimum atomic E-state index is 0. The zero-order valence-electron chi connectivity index (χ0n) is 11.4. The molecule has 0 aromatic heterocycles. The molecule has 0 atom stereocenters. The van der Waals surface area contributed by atoms with Gasteiger partial charge < -0.3 is 0 Å². The number of hydrogen-bond donors (Lipinski definition) is 0. The Kier molecular flexibility index (Phi) is 6.25. The van der Waals surface area contributed by atoms with E-state index in [-0.39, 0.29) is 32.7 Å². The van der Waals surface area contributed by atoms with Gasteiger partial charge in [-0.05, 0) is 12.0 Å². The molecule has 0 bridgehead atoms. The van der Waals surface area contributed by atoms with E-state index < -0.39 is 0 Å². The summed E-state index contributed by atoms with van der Waals surface area (Å²) in [4.78, 5) is 0. The van der Waals surface area contributed by atoms with E-state index in [0.29, 0.717) is 5.92 Å². The van der Waals surface area contributed by atoms with Crippen molar-refractivity contribution in [1.82, 2.24) is 0 Å². The molecule has 0 aliphatic carbocycles. The van der Waals surface area contributed by atoms with Crippen molar-refractivity contribution in [3.8, 4) is 0 Å². The van der Waals surface area contributed by atoms with Gasteiger partial charge in [-0.3, -0.25) is 0 Å². The SMILES string of the molecule is Cc1cc(Cc2ccccc2)[c-]cc1C(C)C.[Y]. The van der Waals surface area contributed by atoms with Crippen molar-refractivity contribution in [3.63, 3.8) is 0 Å². The second-order valence-electron chi connectivity index (χ2n) is 4.91. The summed E-state index contributed by atoms with van der Waals surface area (Å²) in [6, 6.07) is 18.4. The smallest absolute Gasteiger partial charge is 0 e. The second kappa shape index (κ2) is 7.21. The van der Waals surface area contributed by atoms with E-state index in [4.69, 9.17) is 0 Å². The van der Waals surface area contributed by atoms with E-state index in [1.54, 1.807) is 0 Å². The Hall–Kier alpha value is -0.456. The van der Waals surface area contributed by atoms with E-state index in [9.17, 15) is 0 Å². The summed E-state index contributed by atoms with van der Waals surface area (Å²) in [5.74, 6) is 0.581. The molecule has 0 saturated heterocycles. The summed E-state index contributed by atoms with van der Waals surface area (Å²) in [6.45, 7) is 6.65. The summed E-state index contributed by atoms with van der Waals surface area (Å²) in [5.41, 5.74) is 5.41. The van der Waals surface area contributed by atoms with Gasteiger partial charge in [0.25, 0.3) is 0 Å². The Balaban J connectivity index is 0.00000162. The first-order valence-corrected chi connectivity index (χ1v) is 6.22. The van der Waals surface area contributed by atoms with Gasteiger partial charge in [0.1, 0.15) is 0 Å². The maximum absolute atomic E-state index is 3.41. The van der Waals surface area contributed by atoms with Gasteiger partial charge in [-0.25, -0.2) is 0 Å². The van der Waals surface area contributed by atoms with E-state index in [1.807, 2.05) is 0 Å². The molecule has 0 N–H and O–H groups in total. The standard InChI is InChI=1S/C17H19.Y/c1-13(2)17-10-9-16(11-14(17)3)12-15-7-5-4-6-8-15;/h4-8,10-11,13H,12H2,1-3H3;/q-1;. The van der Waals surface area contributed by atoms with Crippen LogP contribution in [0.1, 0.15) is 42.0 Å². The summed E-state index contributed by atoms with van der Waals surface area (Å²) in [7, 11) is 0. The van der Waals surface area contributed by atoms with Gasteiger partial charge in [0.05, 0.1) is 0 Å². The van der Waals surface area contributed by atoms with E-state index >= 15 is 0 Å². The summed E-state index contributed by atoms with van der Waals surface area (Å²) < 4.78 is 0. The molecule has 2 aromatic carbocycles.